The summed E-state index contributed by atoms with van der Waals surface area (Å²) in [6.45, 7) is 17.5. The molecule has 2 aliphatic rings. The number of esters is 1. The molecule has 2 heterocycles. The quantitative estimate of drug-likeness (QED) is 0.214. The normalized spacial score (nSPS) is 16.2. The van der Waals surface area contributed by atoms with E-state index in [-0.39, 0.29) is 55.2 Å². The van der Waals surface area contributed by atoms with Crippen LogP contribution in [0.4, 0.5) is 0 Å². The minimum atomic E-state index is -0.843. The number of hydrogen-bond donors (Lipinski definition) is 3. The Hall–Kier alpha value is -4.35. The number of carbonyl (C=O) groups is 4. The van der Waals surface area contributed by atoms with Crippen molar-refractivity contribution in [1.29, 1.82) is 10.5 Å². The van der Waals surface area contributed by atoms with E-state index in [1.54, 1.807) is 93.5 Å². The van der Waals surface area contributed by atoms with Crippen LogP contribution in [0.2, 0.25) is 10.0 Å². The van der Waals surface area contributed by atoms with Crippen molar-refractivity contribution in [2.45, 2.75) is 80.3 Å². The second kappa shape index (κ2) is 15.0. The Labute approximate surface area is 301 Å². The molecule has 10 nitrogen and oxygen atoms in total. The first-order chi connectivity index (χ1) is 22.3. The molecular formula is C36H39Cl3N4O6. The van der Waals surface area contributed by atoms with Gasteiger partial charge in [-0.1, -0.05) is 56.1 Å². The minimum Gasteiger partial charge on any atom is -0.509 e. The molecule has 2 aliphatic heterocycles. The van der Waals surface area contributed by atoms with Gasteiger partial charge in [0.1, 0.15) is 11.5 Å². The number of hydrogen-bond acceptors (Lipinski definition) is 8. The fraction of sp³-hybridized carbons (Fsp3) is 0.389. The molecule has 0 atom stereocenters. The van der Waals surface area contributed by atoms with Crippen LogP contribution < -0.4 is 10.6 Å². The van der Waals surface area contributed by atoms with Gasteiger partial charge >= 0.3 is 5.97 Å². The van der Waals surface area contributed by atoms with Crippen LogP contribution in [0.1, 0.15) is 91.5 Å². The molecule has 4 rings (SSSR count). The van der Waals surface area contributed by atoms with Gasteiger partial charge in [0.15, 0.2) is 0 Å². The van der Waals surface area contributed by atoms with Crippen LogP contribution in [0.3, 0.4) is 0 Å². The molecule has 49 heavy (non-hydrogen) atoms. The lowest BCUT2D eigenvalue weighted by Crippen LogP contribution is -2.40. The highest BCUT2D eigenvalue weighted by Gasteiger charge is 2.43. The monoisotopic (exact) mass is 728 g/mol. The van der Waals surface area contributed by atoms with Crippen molar-refractivity contribution in [1.82, 2.24) is 10.6 Å². The largest absolute Gasteiger partial charge is 0.509 e. The molecule has 0 fully saturated rings. The minimum absolute atomic E-state index is 0.0425. The molecule has 13 heteroatoms. The van der Waals surface area contributed by atoms with Crippen molar-refractivity contribution < 1.29 is 29.0 Å². The predicted molar refractivity (Wildman–Crippen MR) is 189 cm³/mol. The fourth-order valence-corrected chi connectivity index (χ4v) is 4.69. The number of rotatable bonds is 3. The SMILES string of the molecule is CC(C)(C)C(=O)Cl.CC(C)(C)C(=O)OC1=C(c2ccc(C#N)cc2Cl)C(=O)NC1(C)C.CC1(C)NC(=O)C(c2ccc(C#N)cc2Cl)=C1O. The van der Waals surface area contributed by atoms with Crippen LogP contribution in [-0.2, 0) is 23.9 Å². The lowest BCUT2D eigenvalue weighted by molar-refractivity contribution is -0.149. The van der Waals surface area contributed by atoms with E-state index in [2.05, 4.69) is 10.6 Å². The molecule has 260 valence electrons. The van der Waals surface area contributed by atoms with Gasteiger partial charge in [-0.05, 0) is 84.3 Å². The zero-order chi connectivity index (χ0) is 37.9. The van der Waals surface area contributed by atoms with Gasteiger partial charge in [0, 0.05) is 16.5 Å². The summed E-state index contributed by atoms with van der Waals surface area (Å²) in [7, 11) is 0. The average Bonchev–Trinajstić information content (AvgIpc) is 3.32. The molecule has 0 aromatic heterocycles. The van der Waals surface area contributed by atoms with E-state index in [0.29, 0.717) is 22.3 Å². The Morgan fingerprint density at radius 3 is 1.47 bits per heavy atom. The third-order valence-electron chi connectivity index (χ3n) is 7.06. The van der Waals surface area contributed by atoms with Crippen LogP contribution in [0.15, 0.2) is 47.9 Å². The number of nitrogens with zero attached hydrogens (tertiary/aromatic N) is 2. The van der Waals surface area contributed by atoms with Crippen LogP contribution in [0.25, 0.3) is 11.1 Å². The molecule has 3 N–H and O–H groups in total. The summed E-state index contributed by atoms with van der Waals surface area (Å²) in [6.07, 6.45) is 0. The molecule has 2 aromatic carbocycles. The summed E-state index contributed by atoms with van der Waals surface area (Å²) < 4.78 is 5.57. The van der Waals surface area contributed by atoms with Crippen molar-refractivity contribution in [3.05, 3.63) is 80.2 Å². The molecular weight excluding hydrogens is 691 g/mol. The topological polar surface area (TPSA) is 169 Å². The van der Waals surface area contributed by atoms with Crippen LogP contribution >= 0.6 is 34.8 Å². The Bertz CT molecular complexity index is 1850. The number of carbonyl (C=O) groups excluding carboxylic acids is 4. The van der Waals surface area contributed by atoms with Gasteiger partial charge in [-0.25, -0.2) is 0 Å². The summed E-state index contributed by atoms with van der Waals surface area (Å²) in [5.74, 6) is -0.991. The zero-order valence-corrected chi connectivity index (χ0v) is 31.2. The van der Waals surface area contributed by atoms with Crippen molar-refractivity contribution in [2.75, 3.05) is 0 Å². The van der Waals surface area contributed by atoms with E-state index in [1.165, 1.54) is 12.1 Å². The molecule has 0 spiro atoms. The predicted octanol–water partition coefficient (Wildman–Crippen LogP) is 7.61. The van der Waals surface area contributed by atoms with Gasteiger partial charge in [-0.3, -0.25) is 19.2 Å². The number of nitrogens with one attached hydrogen (secondary N) is 2. The lowest BCUT2D eigenvalue weighted by Gasteiger charge is -2.25. The molecule has 0 saturated heterocycles. The van der Waals surface area contributed by atoms with E-state index in [0.717, 1.165) is 0 Å². The average molecular weight is 730 g/mol. The van der Waals surface area contributed by atoms with Crippen molar-refractivity contribution in [3.8, 4) is 12.1 Å². The van der Waals surface area contributed by atoms with Crippen molar-refractivity contribution >= 4 is 69.0 Å². The first-order valence-corrected chi connectivity index (χ1v) is 16.1. The standard InChI is InChI=1S/C18H19ClN2O3.C13H11ClN2O2.C5H9ClO/c1-17(2,3)16(23)24-14-13(15(22)21-18(14,4)5)11-7-6-10(9-20)8-12(11)19;1-13(2)11(17)10(12(18)16-13)8-4-3-7(6-15)5-9(8)14;1-5(2,3)4(6)7/h6-8H,1-5H3,(H,21,22);3-5,17H,1-2H3,(H,16,18);1-3H3. The number of ether oxygens (including phenoxy) is 1. The smallest absolute Gasteiger partial charge is 0.316 e. The summed E-state index contributed by atoms with van der Waals surface area (Å²) in [6, 6.07) is 13.2. The lowest BCUT2D eigenvalue weighted by atomic mass is 9.95. The number of aliphatic hydroxyl groups is 1. The number of aliphatic hydroxyl groups excluding tert-OH is 1. The van der Waals surface area contributed by atoms with E-state index >= 15 is 0 Å². The number of amides is 2. The molecule has 0 saturated carbocycles. The number of halogens is 3. The van der Waals surface area contributed by atoms with Gasteiger partial charge < -0.3 is 20.5 Å². The first kappa shape index (κ1) is 40.8. The highest BCUT2D eigenvalue weighted by atomic mass is 35.5. The van der Waals surface area contributed by atoms with Crippen LogP contribution in [0.5, 0.6) is 0 Å². The Kier molecular flexibility index (Phi) is 12.5. The molecule has 0 bridgehead atoms. The van der Waals surface area contributed by atoms with Crippen molar-refractivity contribution in [3.63, 3.8) is 0 Å². The summed E-state index contributed by atoms with van der Waals surface area (Å²) in [4.78, 5) is 46.8. The summed E-state index contributed by atoms with van der Waals surface area (Å²) >= 11 is 17.4. The van der Waals surface area contributed by atoms with E-state index < -0.39 is 22.5 Å². The Morgan fingerprint density at radius 1 is 0.755 bits per heavy atom. The molecule has 0 unspecified atom stereocenters. The number of benzene rings is 2. The first-order valence-electron chi connectivity index (χ1n) is 14.9. The van der Waals surface area contributed by atoms with Crippen LogP contribution in [0, 0.1) is 33.5 Å². The van der Waals surface area contributed by atoms with Crippen LogP contribution in [-0.4, -0.2) is 39.2 Å². The maximum Gasteiger partial charge on any atom is 0.316 e. The maximum atomic E-state index is 12.5. The van der Waals surface area contributed by atoms with Gasteiger partial charge in [-0.2, -0.15) is 10.5 Å². The van der Waals surface area contributed by atoms with Gasteiger partial charge in [-0.15, -0.1) is 0 Å². The second-order valence-corrected chi connectivity index (χ2v) is 15.5. The molecule has 2 amide bonds. The van der Waals surface area contributed by atoms with Gasteiger partial charge in [0.2, 0.25) is 5.24 Å². The second-order valence-electron chi connectivity index (χ2n) is 14.4. The molecule has 0 aliphatic carbocycles. The summed E-state index contributed by atoms with van der Waals surface area (Å²) in [5, 5.41) is 33.4. The van der Waals surface area contributed by atoms with Gasteiger partial charge in [0.05, 0.1) is 60.9 Å². The third kappa shape index (κ3) is 9.86. The molecule has 2 aromatic rings. The Balaban J connectivity index is 0.000000293. The van der Waals surface area contributed by atoms with Gasteiger partial charge in [0.25, 0.3) is 11.8 Å². The fourth-order valence-electron chi connectivity index (χ4n) is 4.14. The maximum absolute atomic E-state index is 12.5. The van der Waals surface area contributed by atoms with Crippen molar-refractivity contribution in [2.24, 2.45) is 10.8 Å². The summed E-state index contributed by atoms with van der Waals surface area (Å²) in [5.41, 5.74) is -0.714. The van der Waals surface area contributed by atoms with E-state index in [1.807, 2.05) is 12.1 Å². The van der Waals surface area contributed by atoms with E-state index in [4.69, 9.17) is 50.1 Å². The highest BCUT2D eigenvalue weighted by molar-refractivity contribution is 6.64. The Morgan fingerprint density at radius 2 is 1.14 bits per heavy atom. The number of nitriles is 2. The highest BCUT2D eigenvalue weighted by Crippen LogP contribution is 2.38. The molecule has 0 radical (unpaired) electrons. The van der Waals surface area contributed by atoms with E-state index in [9.17, 15) is 24.3 Å². The zero-order valence-electron chi connectivity index (χ0n) is 29.0. The third-order valence-corrected chi connectivity index (χ3v) is 8.25.